The first-order valence-corrected chi connectivity index (χ1v) is 4.72. The van der Waals surface area contributed by atoms with Crippen molar-refractivity contribution in [3.63, 3.8) is 0 Å². The predicted molar refractivity (Wildman–Crippen MR) is 51.8 cm³/mol. The minimum absolute atomic E-state index is 0.804. The highest BCUT2D eigenvalue weighted by atomic mass is 14.9. The molecule has 66 valence electrons. The van der Waals surface area contributed by atoms with Crippen LogP contribution in [-0.4, -0.2) is 13.1 Å². The summed E-state index contributed by atoms with van der Waals surface area (Å²) in [5.74, 6) is 0.804. The van der Waals surface area contributed by atoms with Gasteiger partial charge in [0.2, 0.25) is 0 Å². The fraction of sp³-hybridized carbons (Fsp3) is 0.800. The van der Waals surface area contributed by atoms with Gasteiger partial charge < -0.3 is 5.32 Å². The van der Waals surface area contributed by atoms with Gasteiger partial charge in [-0.2, -0.15) is 0 Å². The zero-order valence-electron chi connectivity index (χ0n) is 8.28. The molecule has 1 heteroatoms. The second-order valence-electron chi connectivity index (χ2n) is 2.71. The molecule has 1 aliphatic heterocycles. The molecule has 0 radical (unpaired) electrons. The Morgan fingerprint density at radius 3 is 2.55 bits per heavy atom. The van der Waals surface area contributed by atoms with Crippen molar-refractivity contribution in [1.82, 2.24) is 5.32 Å². The van der Waals surface area contributed by atoms with Gasteiger partial charge in [0.05, 0.1) is 0 Å². The summed E-state index contributed by atoms with van der Waals surface area (Å²) in [6.45, 7) is 10.7. The Bertz CT molecular complexity index is 116. The van der Waals surface area contributed by atoms with Crippen LogP contribution in [0.1, 0.15) is 34.1 Å². The fourth-order valence-corrected chi connectivity index (χ4v) is 1.28. The lowest BCUT2D eigenvalue weighted by molar-refractivity contribution is 0.514. The minimum Gasteiger partial charge on any atom is -0.313 e. The Hall–Kier alpha value is -0.300. The van der Waals surface area contributed by atoms with E-state index < -0.39 is 0 Å². The third-order valence-electron chi connectivity index (χ3n) is 2.10. The maximum absolute atomic E-state index is 3.34. The van der Waals surface area contributed by atoms with Crippen LogP contribution in [0.25, 0.3) is 0 Å². The van der Waals surface area contributed by atoms with Gasteiger partial charge in [-0.05, 0) is 19.3 Å². The lowest BCUT2D eigenvalue weighted by atomic mass is 9.95. The molecule has 0 spiro atoms. The lowest BCUT2D eigenvalue weighted by Gasteiger charge is -2.20. The van der Waals surface area contributed by atoms with E-state index in [2.05, 4.69) is 25.2 Å². The van der Waals surface area contributed by atoms with Crippen LogP contribution < -0.4 is 5.32 Å². The van der Waals surface area contributed by atoms with Gasteiger partial charge >= 0.3 is 0 Å². The largest absolute Gasteiger partial charge is 0.313 e. The van der Waals surface area contributed by atoms with Crippen LogP contribution in [0.2, 0.25) is 0 Å². The quantitative estimate of drug-likeness (QED) is 0.574. The molecule has 1 heterocycles. The van der Waals surface area contributed by atoms with Crippen LogP contribution >= 0.6 is 0 Å². The summed E-state index contributed by atoms with van der Waals surface area (Å²) in [6, 6.07) is 0. The van der Waals surface area contributed by atoms with Gasteiger partial charge in [0, 0.05) is 13.1 Å². The molecule has 1 nitrogen and oxygen atoms in total. The summed E-state index contributed by atoms with van der Waals surface area (Å²) in [5.41, 5.74) is 1.57. The molecule has 1 unspecified atom stereocenters. The zero-order chi connectivity index (χ0) is 8.69. The zero-order valence-corrected chi connectivity index (χ0v) is 8.28. The molecule has 11 heavy (non-hydrogen) atoms. The first-order chi connectivity index (χ1) is 5.34. The third-order valence-corrected chi connectivity index (χ3v) is 2.10. The van der Waals surface area contributed by atoms with E-state index in [0.29, 0.717) is 0 Å². The molecule has 1 N–H and O–H groups in total. The van der Waals surface area contributed by atoms with Crippen LogP contribution in [-0.2, 0) is 0 Å². The van der Waals surface area contributed by atoms with Crippen LogP contribution in [0.3, 0.4) is 0 Å². The molecule has 0 fully saturated rings. The Morgan fingerprint density at radius 1 is 1.55 bits per heavy atom. The van der Waals surface area contributed by atoms with Gasteiger partial charge in [-0.15, -0.1) is 0 Å². The number of rotatable bonds is 1. The molecule has 0 aromatic heterocycles. The molecule has 0 saturated heterocycles. The van der Waals surface area contributed by atoms with Crippen molar-refractivity contribution in [2.45, 2.75) is 34.1 Å². The van der Waals surface area contributed by atoms with E-state index in [1.807, 2.05) is 13.8 Å². The molecular formula is C10H21N. The third kappa shape index (κ3) is 3.57. The smallest absolute Gasteiger partial charge is 0.0137 e. The van der Waals surface area contributed by atoms with Crippen LogP contribution in [0, 0.1) is 5.92 Å². The van der Waals surface area contributed by atoms with E-state index in [1.54, 1.807) is 5.57 Å². The summed E-state index contributed by atoms with van der Waals surface area (Å²) >= 11 is 0. The highest BCUT2D eigenvalue weighted by Crippen LogP contribution is 2.15. The molecule has 0 aliphatic carbocycles. The van der Waals surface area contributed by atoms with Gasteiger partial charge in [0.1, 0.15) is 0 Å². The van der Waals surface area contributed by atoms with Gasteiger partial charge in [0.25, 0.3) is 0 Å². The number of nitrogens with one attached hydrogen (secondary N) is 1. The summed E-state index contributed by atoms with van der Waals surface area (Å²) in [7, 11) is 0. The van der Waals surface area contributed by atoms with Gasteiger partial charge in [-0.25, -0.2) is 0 Å². The molecular weight excluding hydrogens is 134 g/mol. The first kappa shape index (κ1) is 10.7. The highest BCUT2D eigenvalue weighted by molar-refractivity contribution is 5.07. The van der Waals surface area contributed by atoms with Crippen LogP contribution in [0.5, 0.6) is 0 Å². The number of hydrogen-bond donors (Lipinski definition) is 1. The van der Waals surface area contributed by atoms with Crippen LogP contribution in [0.4, 0.5) is 0 Å². The Balaban J connectivity index is 0.000000461. The Morgan fingerprint density at radius 2 is 2.18 bits per heavy atom. The van der Waals surface area contributed by atoms with Crippen LogP contribution in [0.15, 0.2) is 11.6 Å². The fourth-order valence-electron chi connectivity index (χ4n) is 1.28. The van der Waals surface area contributed by atoms with Crippen molar-refractivity contribution in [2.24, 2.45) is 5.92 Å². The van der Waals surface area contributed by atoms with E-state index in [9.17, 15) is 0 Å². The van der Waals surface area contributed by atoms with Crippen molar-refractivity contribution in [3.05, 3.63) is 11.6 Å². The molecule has 0 aromatic rings. The summed E-state index contributed by atoms with van der Waals surface area (Å²) < 4.78 is 0. The Kier molecular flexibility index (Phi) is 6.24. The van der Waals surface area contributed by atoms with E-state index >= 15 is 0 Å². The van der Waals surface area contributed by atoms with Gasteiger partial charge in [0.15, 0.2) is 0 Å². The van der Waals surface area contributed by atoms with E-state index in [4.69, 9.17) is 0 Å². The Labute approximate surface area is 70.9 Å². The molecule has 0 bridgehead atoms. The summed E-state index contributed by atoms with van der Waals surface area (Å²) in [5, 5.41) is 3.34. The van der Waals surface area contributed by atoms with Crippen molar-refractivity contribution < 1.29 is 0 Å². The van der Waals surface area contributed by atoms with Crippen molar-refractivity contribution in [1.29, 1.82) is 0 Å². The van der Waals surface area contributed by atoms with Gasteiger partial charge in [-0.1, -0.05) is 32.4 Å². The summed E-state index contributed by atoms with van der Waals surface area (Å²) in [6.07, 6.45) is 3.56. The topological polar surface area (TPSA) is 12.0 Å². The van der Waals surface area contributed by atoms with Crippen molar-refractivity contribution in [3.8, 4) is 0 Å². The summed E-state index contributed by atoms with van der Waals surface area (Å²) in [4.78, 5) is 0. The molecule has 0 saturated carbocycles. The second-order valence-corrected chi connectivity index (χ2v) is 2.71. The minimum atomic E-state index is 0.804. The van der Waals surface area contributed by atoms with Crippen molar-refractivity contribution >= 4 is 0 Å². The SMILES string of the molecule is CC.CCC1CNCC=C1C. The standard InChI is InChI=1S/C8H15N.C2H6/c1-3-8-6-9-5-4-7(8)2;1-2/h4,8-9H,3,5-6H2,1-2H3;1-2H3. The van der Waals surface area contributed by atoms with Gasteiger partial charge in [-0.3, -0.25) is 0 Å². The second kappa shape index (κ2) is 6.41. The van der Waals surface area contributed by atoms with E-state index in [0.717, 1.165) is 12.5 Å². The number of hydrogen-bond acceptors (Lipinski definition) is 1. The average molecular weight is 155 g/mol. The molecule has 0 aromatic carbocycles. The first-order valence-electron chi connectivity index (χ1n) is 4.72. The lowest BCUT2D eigenvalue weighted by Crippen LogP contribution is -2.28. The molecule has 1 rings (SSSR count). The molecule has 1 atom stereocenters. The predicted octanol–water partition coefficient (Wildman–Crippen LogP) is 2.59. The maximum Gasteiger partial charge on any atom is 0.0137 e. The van der Waals surface area contributed by atoms with Crippen molar-refractivity contribution in [2.75, 3.05) is 13.1 Å². The van der Waals surface area contributed by atoms with E-state index in [-0.39, 0.29) is 0 Å². The van der Waals surface area contributed by atoms with E-state index in [1.165, 1.54) is 13.0 Å². The molecule has 1 aliphatic rings. The molecule has 0 amide bonds. The maximum atomic E-state index is 3.34. The highest BCUT2D eigenvalue weighted by Gasteiger charge is 2.09. The average Bonchev–Trinajstić information content (AvgIpc) is 2.09. The monoisotopic (exact) mass is 155 g/mol. The normalized spacial score (nSPS) is 23.3.